The van der Waals surface area contributed by atoms with E-state index in [0.29, 0.717) is 45.2 Å². The first-order valence-corrected chi connectivity index (χ1v) is 8.20. The molecule has 114 valence electrons. The van der Waals surface area contributed by atoms with Gasteiger partial charge in [-0.05, 0) is 20.3 Å². The molecule has 0 aliphatic rings. The first kappa shape index (κ1) is 18.1. The minimum atomic E-state index is -3.09. The normalized spacial score (nSPS) is 12.5. The first-order valence-electron chi connectivity index (χ1n) is 6.55. The fourth-order valence-corrected chi connectivity index (χ4v) is 1.89. The van der Waals surface area contributed by atoms with Gasteiger partial charge in [0.05, 0.1) is 12.4 Å². The van der Waals surface area contributed by atoms with E-state index in [0.717, 1.165) is 0 Å². The van der Waals surface area contributed by atoms with Gasteiger partial charge in [0.1, 0.15) is 0 Å². The van der Waals surface area contributed by atoms with Crippen LogP contribution in [-0.2, 0) is 14.8 Å². The molecule has 0 atom stereocenters. The van der Waals surface area contributed by atoms with Crippen LogP contribution in [0.3, 0.4) is 0 Å². The molecule has 0 fully saturated rings. The van der Waals surface area contributed by atoms with Crippen LogP contribution in [0.5, 0.6) is 0 Å². The summed E-state index contributed by atoms with van der Waals surface area (Å²) in [6.07, 6.45) is 0.700. The van der Waals surface area contributed by atoms with Crippen LogP contribution in [0.4, 0.5) is 0 Å². The van der Waals surface area contributed by atoms with Gasteiger partial charge < -0.3 is 15.4 Å². The smallest absolute Gasteiger partial charge is 0.211 e. The molecule has 0 heterocycles. The topological polar surface area (TPSA) is 91.8 Å². The summed E-state index contributed by atoms with van der Waals surface area (Å²) in [5.41, 5.74) is 0. The van der Waals surface area contributed by atoms with E-state index >= 15 is 0 Å². The molecule has 0 aromatic heterocycles. The van der Waals surface area contributed by atoms with Crippen LogP contribution < -0.4 is 15.4 Å². The summed E-state index contributed by atoms with van der Waals surface area (Å²) in [5, 5.41) is 6.20. The molecule has 3 N–H and O–H groups in total. The van der Waals surface area contributed by atoms with Gasteiger partial charge in [0, 0.05) is 33.3 Å². The van der Waals surface area contributed by atoms with Crippen molar-refractivity contribution < 1.29 is 13.2 Å². The molecule has 0 amide bonds. The molecule has 7 nitrogen and oxygen atoms in total. The number of nitrogens with one attached hydrogen (secondary N) is 3. The molecular formula is C11H26N4O3S. The molecule has 0 saturated carbocycles. The lowest BCUT2D eigenvalue weighted by molar-refractivity contribution is 0.152. The van der Waals surface area contributed by atoms with Crippen LogP contribution in [0.15, 0.2) is 4.99 Å². The van der Waals surface area contributed by atoms with Crippen molar-refractivity contribution in [3.63, 3.8) is 0 Å². The Morgan fingerprint density at radius 2 is 1.84 bits per heavy atom. The Morgan fingerprint density at radius 1 is 1.16 bits per heavy atom. The Labute approximate surface area is 116 Å². The van der Waals surface area contributed by atoms with E-state index in [9.17, 15) is 8.42 Å². The van der Waals surface area contributed by atoms with Gasteiger partial charge in [0.2, 0.25) is 10.0 Å². The van der Waals surface area contributed by atoms with Crippen LogP contribution in [0.25, 0.3) is 0 Å². The number of ether oxygens (including phenoxy) is 1. The second-order valence-corrected chi connectivity index (χ2v) is 5.87. The Hall–Kier alpha value is -0.860. The van der Waals surface area contributed by atoms with Crippen molar-refractivity contribution >= 4 is 16.0 Å². The number of hydrogen-bond acceptors (Lipinski definition) is 4. The van der Waals surface area contributed by atoms with E-state index < -0.39 is 10.0 Å². The fourth-order valence-electron chi connectivity index (χ4n) is 1.23. The summed E-state index contributed by atoms with van der Waals surface area (Å²) in [6.45, 7) is 6.67. The summed E-state index contributed by atoms with van der Waals surface area (Å²) in [7, 11) is -1.40. The summed E-state index contributed by atoms with van der Waals surface area (Å²) < 4.78 is 30.1. The third kappa shape index (κ3) is 10.7. The van der Waals surface area contributed by atoms with E-state index in [1.807, 2.05) is 6.92 Å². The summed E-state index contributed by atoms with van der Waals surface area (Å²) in [6, 6.07) is 0. The van der Waals surface area contributed by atoms with Crippen LogP contribution in [0.2, 0.25) is 0 Å². The zero-order valence-corrected chi connectivity index (χ0v) is 12.8. The van der Waals surface area contributed by atoms with Crippen LogP contribution >= 0.6 is 0 Å². The van der Waals surface area contributed by atoms with Crippen molar-refractivity contribution in [2.45, 2.75) is 20.3 Å². The Morgan fingerprint density at radius 3 is 2.42 bits per heavy atom. The van der Waals surface area contributed by atoms with Crippen molar-refractivity contribution in [1.29, 1.82) is 0 Å². The number of rotatable bonds is 10. The average molecular weight is 294 g/mol. The monoisotopic (exact) mass is 294 g/mol. The highest BCUT2D eigenvalue weighted by molar-refractivity contribution is 7.89. The van der Waals surface area contributed by atoms with Gasteiger partial charge in [-0.3, -0.25) is 4.99 Å². The number of sulfonamides is 1. The molecule has 0 spiro atoms. The molecule has 0 aliphatic heterocycles. The van der Waals surface area contributed by atoms with E-state index in [1.165, 1.54) is 0 Å². The Kier molecular flexibility index (Phi) is 10.5. The van der Waals surface area contributed by atoms with Gasteiger partial charge >= 0.3 is 0 Å². The molecule has 0 aromatic carbocycles. The van der Waals surface area contributed by atoms with Gasteiger partial charge in [-0.15, -0.1) is 0 Å². The van der Waals surface area contributed by atoms with Gasteiger partial charge in [-0.1, -0.05) is 0 Å². The zero-order valence-electron chi connectivity index (χ0n) is 12.0. The predicted molar refractivity (Wildman–Crippen MR) is 77.9 cm³/mol. The number of guanidine groups is 1. The summed E-state index contributed by atoms with van der Waals surface area (Å²) >= 11 is 0. The van der Waals surface area contributed by atoms with E-state index in [1.54, 1.807) is 14.0 Å². The molecule has 0 saturated heterocycles. The predicted octanol–water partition coefficient (Wildman–Crippen LogP) is -0.483. The second kappa shape index (κ2) is 11.0. The van der Waals surface area contributed by atoms with Crippen molar-refractivity contribution in [2.24, 2.45) is 4.99 Å². The highest BCUT2D eigenvalue weighted by Gasteiger charge is 2.04. The van der Waals surface area contributed by atoms with E-state index in [-0.39, 0.29) is 5.75 Å². The maximum atomic E-state index is 11.2. The largest absolute Gasteiger partial charge is 0.380 e. The molecule has 0 bridgehead atoms. The summed E-state index contributed by atoms with van der Waals surface area (Å²) in [5.74, 6) is 0.805. The second-order valence-electron chi connectivity index (χ2n) is 3.77. The van der Waals surface area contributed by atoms with Gasteiger partial charge in [0.25, 0.3) is 0 Å². The van der Waals surface area contributed by atoms with Gasteiger partial charge in [-0.2, -0.15) is 0 Å². The molecule has 0 aromatic rings. The highest BCUT2D eigenvalue weighted by atomic mass is 32.2. The standard InChI is InChI=1S/C11H26N4O3S/c1-4-18-10-9-14-11(12-3)13-7-6-8-15-19(16,17)5-2/h15H,4-10H2,1-3H3,(H2,12,13,14). The fraction of sp³-hybridized carbons (Fsp3) is 0.909. The van der Waals surface area contributed by atoms with Gasteiger partial charge in [-0.25, -0.2) is 13.1 Å². The Balaban J connectivity index is 3.62. The molecule has 0 radical (unpaired) electrons. The van der Waals surface area contributed by atoms with Crippen LogP contribution in [-0.4, -0.2) is 60.0 Å². The quantitative estimate of drug-likeness (QED) is 0.287. The van der Waals surface area contributed by atoms with Crippen LogP contribution in [0, 0.1) is 0 Å². The molecule has 0 rings (SSSR count). The lowest BCUT2D eigenvalue weighted by Gasteiger charge is -2.11. The minimum Gasteiger partial charge on any atom is -0.380 e. The van der Waals surface area contributed by atoms with E-state index in [4.69, 9.17) is 4.74 Å². The lowest BCUT2D eigenvalue weighted by Crippen LogP contribution is -2.40. The minimum absolute atomic E-state index is 0.112. The van der Waals surface area contributed by atoms with Crippen molar-refractivity contribution in [3.05, 3.63) is 0 Å². The number of hydrogen-bond donors (Lipinski definition) is 3. The van der Waals surface area contributed by atoms with Crippen LogP contribution in [0.1, 0.15) is 20.3 Å². The van der Waals surface area contributed by atoms with Crippen molar-refractivity contribution in [2.75, 3.05) is 45.6 Å². The average Bonchev–Trinajstić information content (AvgIpc) is 2.40. The number of aliphatic imine (C=N–C) groups is 1. The van der Waals surface area contributed by atoms with Gasteiger partial charge in [0.15, 0.2) is 5.96 Å². The highest BCUT2D eigenvalue weighted by Crippen LogP contribution is 1.83. The summed E-state index contributed by atoms with van der Waals surface area (Å²) in [4.78, 5) is 4.05. The molecule has 8 heteroatoms. The SMILES string of the molecule is CCOCCNC(=NC)NCCCNS(=O)(=O)CC. The lowest BCUT2D eigenvalue weighted by atomic mass is 10.4. The maximum Gasteiger partial charge on any atom is 0.211 e. The zero-order chi connectivity index (χ0) is 14.6. The van der Waals surface area contributed by atoms with Crippen molar-refractivity contribution in [3.8, 4) is 0 Å². The first-order chi connectivity index (χ1) is 9.05. The molecule has 0 aliphatic carbocycles. The maximum absolute atomic E-state index is 11.2. The van der Waals surface area contributed by atoms with E-state index in [2.05, 4.69) is 20.3 Å². The number of nitrogens with zero attached hydrogens (tertiary/aromatic N) is 1. The molecule has 0 unspecified atom stereocenters. The third-order valence-corrected chi connectivity index (χ3v) is 3.72. The third-order valence-electron chi connectivity index (χ3n) is 2.31. The molecule has 19 heavy (non-hydrogen) atoms. The van der Waals surface area contributed by atoms with Crippen molar-refractivity contribution in [1.82, 2.24) is 15.4 Å². The Bertz CT molecular complexity index is 344. The molecular weight excluding hydrogens is 268 g/mol.